The molecule has 23 heavy (non-hydrogen) atoms. The average molecular weight is 318 g/mol. The normalized spacial score (nSPS) is 27.5. The highest BCUT2D eigenvalue weighted by atomic mass is 16.5. The molecule has 1 aliphatic rings. The number of esters is 1. The van der Waals surface area contributed by atoms with E-state index in [1.807, 2.05) is 30.3 Å². The number of aliphatic hydroxyl groups is 1. The van der Waals surface area contributed by atoms with Gasteiger partial charge in [0.15, 0.2) is 0 Å². The van der Waals surface area contributed by atoms with Gasteiger partial charge in [0.2, 0.25) is 0 Å². The first-order valence-electron chi connectivity index (χ1n) is 8.77. The molecule has 1 N–H and O–H groups in total. The number of rotatable bonds is 5. The molecule has 128 valence electrons. The maximum Gasteiger partial charge on any atom is 0.309 e. The number of carbonyl (C=O) groups excluding carboxylic acids is 1. The lowest BCUT2D eigenvalue weighted by Crippen LogP contribution is -2.37. The van der Waals surface area contributed by atoms with Crippen LogP contribution in [0.25, 0.3) is 0 Å². The molecule has 3 nitrogen and oxygen atoms in total. The summed E-state index contributed by atoms with van der Waals surface area (Å²) in [6.07, 6.45) is 3.23. The second-order valence-corrected chi connectivity index (χ2v) is 7.67. The zero-order chi connectivity index (χ0) is 17.0. The van der Waals surface area contributed by atoms with E-state index in [0.717, 1.165) is 18.4 Å². The summed E-state index contributed by atoms with van der Waals surface area (Å²) in [5.74, 6) is 1.23. The second-order valence-electron chi connectivity index (χ2n) is 7.67. The third kappa shape index (κ3) is 4.81. The smallest absolute Gasteiger partial charge is 0.309 e. The lowest BCUT2D eigenvalue weighted by Gasteiger charge is -2.37. The summed E-state index contributed by atoms with van der Waals surface area (Å²) in [5, 5.41) is 10.6. The Morgan fingerprint density at radius 1 is 1.30 bits per heavy atom. The molecule has 0 saturated heterocycles. The van der Waals surface area contributed by atoms with Crippen LogP contribution in [0.3, 0.4) is 0 Å². The molecule has 1 aromatic rings. The standard InChI is InChI=1S/C20H30O3/c1-14(2)17-11-10-15(3)12-18(17)23-19(21)13-20(4,22)16-8-6-5-7-9-16/h5-9,14-15,17-18,22H,10-13H2,1-4H3. The molecule has 0 aliphatic heterocycles. The molecule has 4 atom stereocenters. The zero-order valence-electron chi connectivity index (χ0n) is 14.8. The fourth-order valence-corrected chi connectivity index (χ4v) is 3.64. The number of hydrogen-bond donors (Lipinski definition) is 1. The van der Waals surface area contributed by atoms with Crippen LogP contribution in [0.15, 0.2) is 30.3 Å². The molecule has 1 aliphatic carbocycles. The first-order chi connectivity index (χ1) is 10.8. The van der Waals surface area contributed by atoms with E-state index < -0.39 is 5.60 Å². The minimum atomic E-state index is -1.19. The van der Waals surface area contributed by atoms with Crippen molar-refractivity contribution >= 4 is 5.97 Å². The van der Waals surface area contributed by atoms with Gasteiger partial charge in [-0.25, -0.2) is 0 Å². The van der Waals surface area contributed by atoms with Gasteiger partial charge < -0.3 is 9.84 Å². The number of carbonyl (C=O) groups is 1. The van der Waals surface area contributed by atoms with Crippen molar-refractivity contribution in [2.75, 3.05) is 0 Å². The Labute approximate surface area is 140 Å². The summed E-state index contributed by atoms with van der Waals surface area (Å²) < 4.78 is 5.79. The van der Waals surface area contributed by atoms with Crippen molar-refractivity contribution < 1.29 is 14.6 Å². The molecular formula is C20H30O3. The number of hydrogen-bond acceptors (Lipinski definition) is 3. The van der Waals surface area contributed by atoms with Crippen molar-refractivity contribution in [1.82, 2.24) is 0 Å². The predicted octanol–water partition coefficient (Wildman–Crippen LogP) is 4.29. The van der Waals surface area contributed by atoms with Gasteiger partial charge in [0.05, 0.1) is 12.0 Å². The van der Waals surface area contributed by atoms with Crippen molar-refractivity contribution in [3.8, 4) is 0 Å². The lowest BCUT2D eigenvalue weighted by atomic mass is 9.75. The summed E-state index contributed by atoms with van der Waals surface area (Å²) in [7, 11) is 0. The second kappa shape index (κ2) is 7.48. The number of ether oxygens (including phenoxy) is 1. The van der Waals surface area contributed by atoms with Gasteiger partial charge in [-0.15, -0.1) is 0 Å². The quantitative estimate of drug-likeness (QED) is 0.824. The molecule has 0 aromatic heterocycles. The van der Waals surface area contributed by atoms with Crippen LogP contribution >= 0.6 is 0 Å². The van der Waals surface area contributed by atoms with Crippen LogP contribution in [0, 0.1) is 17.8 Å². The highest BCUT2D eigenvalue weighted by Crippen LogP contribution is 2.36. The van der Waals surface area contributed by atoms with Gasteiger partial charge in [0.1, 0.15) is 6.10 Å². The molecule has 1 fully saturated rings. The fraction of sp³-hybridized carbons (Fsp3) is 0.650. The highest BCUT2D eigenvalue weighted by Gasteiger charge is 2.35. The summed E-state index contributed by atoms with van der Waals surface area (Å²) in [6.45, 7) is 8.29. The van der Waals surface area contributed by atoms with Crippen LogP contribution in [0.1, 0.15) is 58.9 Å². The Balaban J connectivity index is 2.00. The van der Waals surface area contributed by atoms with Crippen LogP contribution in [0.2, 0.25) is 0 Å². The summed E-state index contributed by atoms with van der Waals surface area (Å²) in [4.78, 5) is 12.4. The lowest BCUT2D eigenvalue weighted by molar-refractivity contribution is -0.161. The van der Waals surface area contributed by atoms with E-state index in [2.05, 4.69) is 20.8 Å². The Morgan fingerprint density at radius 2 is 1.96 bits per heavy atom. The Kier molecular flexibility index (Phi) is 5.85. The van der Waals surface area contributed by atoms with Gasteiger partial charge in [-0.3, -0.25) is 4.79 Å². The Morgan fingerprint density at radius 3 is 2.57 bits per heavy atom. The molecule has 3 heteroatoms. The molecule has 1 saturated carbocycles. The third-order valence-corrected chi connectivity index (χ3v) is 5.13. The van der Waals surface area contributed by atoms with E-state index in [1.165, 1.54) is 6.42 Å². The van der Waals surface area contributed by atoms with E-state index in [-0.39, 0.29) is 18.5 Å². The topological polar surface area (TPSA) is 46.5 Å². The molecule has 4 unspecified atom stereocenters. The summed E-state index contributed by atoms with van der Waals surface area (Å²) in [6, 6.07) is 9.31. The molecule has 0 spiro atoms. The van der Waals surface area contributed by atoms with Gasteiger partial charge in [0, 0.05) is 0 Å². The van der Waals surface area contributed by atoms with Crippen molar-refractivity contribution in [2.45, 2.75) is 65.1 Å². The first-order valence-corrected chi connectivity index (χ1v) is 8.77. The molecule has 0 amide bonds. The molecule has 0 radical (unpaired) electrons. The van der Waals surface area contributed by atoms with Gasteiger partial charge in [-0.1, -0.05) is 57.5 Å². The SMILES string of the molecule is CC1CCC(C(C)C)C(OC(=O)CC(C)(O)c2ccccc2)C1. The first kappa shape index (κ1) is 18.0. The number of benzene rings is 1. The van der Waals surface area contributed by atoms with E-state index in [9.17, 15) is 9.90 Å². The van der Waals surface area contributed by atoms with Gasteiger partial charge in [0.25, 0.3) is 0 Å². The predicted molar refractivity (Wildman–Crippen MR) is 91.9 cm³/mol. The molecule has 0 heterocycles. The van der Waals surface area contributed by atoms with E-state index in [1.54, 1.807) is 6.92 Å². The highest BCUT2D eigenvalue weighted by molar-refractivity contribution is 5.71. The summed E-state index contributed by atoms with van der Waals surface area (Å²) in [5.41, 5.74) is -0.444. The third-order valence-electron chi connectivity index (χ3n) is 5.13. The Bertz CT molecular complexity index is 507. The van der Waals surface area contributed by atoms with Crippen LogP contribution in [-0.4, -0.2) is 17.2 Å². The van der Waals surface area contributed by atoms with Crippen molar-refractivity contribution in [2.24, 2.45) is 17.8 Å². The maximum absolute atomic E-state index is 12.4. The van der Waals surface area contributed by atoms with Crippen molar-refractivity contribution in [3.05, 3.63) is 35.9 Å². The minimum Gasteiger partial charge on any atom is -0.462 e. The fourth-order valence-electron chi connectivity index (χ4n) is 3.64. The molecule has 1 aromatic carbocycles. The monoisotopic (exact) mass is 318 g/mol. The average Bonchev–Trinajstić information content (AvgIpc) is 2.47. The molecule has 0 bridgehead atoms. The van der Waals surface area contributed by atoms with Crippen LogP contribution in [0.4, 0.5) is 0 Å². The van der Waals surface area contributed by atoms with Gasteiger partial charge in [-0.2, -0.15) is 0 Å². The molecule has 2 rings (SSSR count). The van der Waals surface area contributed by atoms with Crippen molar-refractivity contribution in [3.63, 3.8) is 0 Å². The van der Waals surface area contributed by atoms with E-state index in [0.29, 0.717) is 17.8 Å². The van der Waals surface area contributed by atoms with E-state index in [4.69, 9.17) is 4.74 Å². The zero-order valence-corrected chi connectivity index (χ0v) is 14.8. The van der Waals surface area contributed by atoms with Crippen LogP contribution < -0.4 is 0 Å². The van der Waals surface area contributed by atoms with E-state index >= 15 is 0 Å². The minimum absolute atomic E-state index is 0.00723. The molecular weight excluding hydrogens is 288 g/mol. The maximum atomic E-state index is 12.4. The van der Waals surface area contributed by atoms with Gasteiger partial charge >= 0.3 is 5.97 Å². The van der Waals surface area contributed by atoms with Crippen LogP contribution in [-0.2, 0) is 15.1 Å². The van der Waals surface area contributed by atoms with Crippen LogP contribution in [0.5, 0.6) is 0 Å². The van der Waals surface area contributed by atoms with Gasteiger partial charge in [-0.05, 0) is 43.1 Å². The van der Waals surface area contributed by atoms with Crippen molar-refractivity contribution in [1.29, 1.82) is 0 Å². The summed E-state index contributed by atoms with van der Waals surface area (Å²) >= 11 is 0. The largest absolute Gasteiger partial charge is 0.462 e. The Hall–Kier alpha value is -1.35.